The zero-order valence-electron chi connectivity index (χ0n) is 14.5. The van der Waals surface area contributed by atoms with Gasteiger partial charge in [0.1, 0.15) is 0 Å². The summed E-state index contributed by atoms with van der Waals surface area (Å²) in [5.41, 5.74) is 0.507. The van der Waals surface area contributed by atoms with E-state index in [4.69, 9.17) is 4.74 Å². The molecule has 25 heavy (non-hydrogen) atoms. The minimum absolute atomic E-state index is 0.173. The highest BCUT2D eigenvalue weighted by atomic mass is 32.2. The molecule has 0 saturated carbocycles. The third kappa shape index (κ3) is 2.85. The molecule has 132 valence electrons. The van der Waals surface area contributed by atoms with Gasteiger partial charge in [0, 0.05) is 0 Å². The summed E-state index contributed by atoms with van der Waals surface area (Å²) < 4.78 is 32.7. The van der Waals surface area contributed by atoms with Gasteiger partial charge >= 0.3 is 5.97 Å². The molecule has 3 atom stereocenters. The zero-order chi connectivity index (χ0) is 18.2. The molecule has 2 aromatic carbocycles. The number of hydrogen-bond acceptors (Lipinski definition) is 4. The predicted molar refractivity (Wildman–Crippen MR) is 94.4 cm³/mol. The molecule has 5 nitrogen and oxygen atoms in total. The van der Waals surface area contributed by atoms with E-state index in [0.717, 1.165) is 11.1 Å². The second-order valence-electron chi connectivity index (χ2n) is 6.30. The summed E-state index contributed by atoms with van der Waals surface area (Å²) in [4.78, 5) is 12.7. The first-order valence-electron chi connectivity index (χ1n) is 8.17. The molecule has 1 saturated heterocycles. The van der Waals surface area contributed by atoms with E-state index in [9.17, 15) is 13.2 Å². The molecule has 0 spiro atoms. The minimum atomic E-state index is -3.82. The quantitative estimate of drug-likeness (QED) is 0.608. The van der Waals surface area contributed by atoms with Crippen LogP contribution in [0.5, 0.6) is 0 Å². The molecule has 0 aliphatic carbocycles. The lowest BCUT2D eigenvalue weighted by atomic mass is 10.0. The number of carbonyl (C=O) groups excluding carboxylic acids is 1. The Labute approximate surface area is 148 Å². The van der Waals surface area contributed by atoms with Crippen LogP contribution in [-0.4, -0.2) is 30.8 Å². The zero-order valence-corrected chi connectivity index (χ0v) is 15.3. The van der Waals surface area contributed by atoms with Crippen molar-refractivity contribution in [1.29, 1.82) is 0 Å². The van der Waals surface area contributed by atoms with Crippen LogP contribution >= 0.6 is 0 Å². The summed E-state index contributed by atoms with van der Waals surface area (Å²) in [5, 5.41) is 0. The van der Waals surface area contributed by atoms with Crippen LogP contribution in [0.25, 0.3) is 0 Å². The number of benzene rings is 2. The maximum atomic E-state index is 13.1. The van der Waals surface area contributed by atoms with Gasteiger partial charge in [0.2, 0.25) is 10.0 Å². The van der Waals surface area contributed by atoms with Gasteiger partial charge in [0.05, 0.1) is 17.5 Å². The van der Waals surface area contributed by atoms with E-state index in [1.165, 1.54) is 4.31 Å². The lowest BCUT2D eigenvalue weighted by Gasteiger charge is -2.11. The molecule has 0 radical (unpaired) electrons. The fraction of sp³-hybridized carbons (Fsp3) is 0.316. The van der Waals surface area contributed by atoms with E-state index >= 15 is 0 Å². The minimum Gasteiger partial charge on any atom is -0.465 e. The summed E-state index contributed by atoms with van der Waals surface area (Å²) in [7, 11) is -3.82. The molecule has 0 N–H and O–H groups in total. The third-order valence-electron chi connectivity index (χ3n) is 4.54. The molecule has 2 aromatic rings. The lowest BCUT2D eigenvalue weighted by Crippen LogP contribution is -2.31. The van der Waals surface area contributed by atoms with Crippen LogP contribution in [0.3, 0.4) is 0 Å². The molecule has 1 aliphatic rings. The van der Waals surface area contributed by atoms with Crippen molar-refractivity contribution < 1.29 is 17.9 Å². The topological polar surface area (TPSA) is 63.5 Å². The number of sulfonamides is 1. The monoisotopic (exact) mass is 359 g/mol. The Bertz CT molecular complexity index is 877. The first kappa shape index (κ1) is 17.6. The molecule has 3 unspecified atom stereocenters. The molecule has 1 aliphatic heterocycles. The fourth-order valence-corrected chi connectivity index (χ4v) is 5.08. The van der Waals surface area contributed by atoms with Gasteiger partial charge in [-0.25, -0.2) is 13.2 Å². The highest BCUT2D eigenvalue weighted by Crippen LogP contribution is 2.57. The van der Waals surface area contributed by atoms with Crippen LogP contribution < -0.4 is 0 Å². The van der Waals surface area contributed by atoms with Gasteiger partial charge in [0.25, 0.3) is 0 Å². The van der Waals surface area contributed by atoms with E-state index in [1.54, 1.807) is 38.1 Å². The van der Waals surface area contributed by atoms with E-state index in [2.05, 4.69) is 0 Å². The molecule has 3 rings (SSSR count). The first-order chi connectivity index (χ1) is 11.8. The van der Waals surface area contributed by atoms with Gasteiger partial charge < -0.3 is 4.74 Å². The smallest absolute Gasteiger partial charge is 0.329 e. The first-order valence-corrected chi connectivity index (χ1v) is 9.61. The Kier molecular flexibility index (Phi) is 4.43. The maximum Gasteiger partial charge on any atom is 0.329 e. The number of rotatable bonds is 5. The maximum absolute atomic E-state index is 13.1. The Morgan fingerprint density at radius 1 is 1.12 bits per heavy atom. The van der Waals surface area contributed by atoms with Crippen LogP contribution in [-0.2, 0) is 19.6 Å². The Morgan fingerprint density at radius 3 is 2.28 bits per heavy atom. The van der Waals surface area contributed by atoms with Gasteiger partial charge in [-0.1, -0.05) is 48.0 Å². The van der Waals surface area contributed by atoms with E-state index in [-0.39, 0.29) is 11.5 Å². The summed E-state index contributed by atoms with van der Waals surface area (Å²) in [6.07, 6.45) is 0. The lowest BCUT2D eigenvalue weighted by molar-refractivity contribution is -0.146. The summed E-state index contributed by atoms with van der Waals surface area (Å²) in [6.45, 7) is 5.42. The molecule has 6 heteroatoms. The predicted octanol–water partition coefficient (Wildman–Crippen LogP) is 3.06. The molecular weight excluding hydrogens is 338 g/mol. The number of hydrogen-bond donors (Lipinski definition) is 0. The molecule has 1 heterocycles. The van der Waals surface area contributed by atoms with E-state index in [1.807, 2.05) is 37.3 Å². The van der Waals surface area contributed by atoms with Crippen LogP contribution in [0.15, 0.2) is 59.5 Å². The van der Waals surface area contributed by atoms with Gasteiger partial charge in [-0.05, 0) is 38.5 Å². The van der Waals surface area contributed by atoms with Gasteiger partial charge in [0.15, 0.2) is 5.54 Å². The standard InChI is InChI=1S/C19H21NO4S/c1-4-24-18(21)19(3)17(15-8-6-5-7-9-15)20(19)25(22,23)16-12-10-14(2)11-13-16/h5-13,17H,4H2,1-3H3. The van der Waals surface area contributed by atoms with Crippen molar-refractivity contribution in [2.45, 2.75) is 37.2 Å². The van der Waals surface area contributed by atoms with Crippen LogP contribution in [0, 0.1) is 6.92 Å². The number of aryl methyl sites for hydroxylation is 1. The van der Waals surface area contributed by atoms with Crippen molar-refractivity contribution in [3.05, 3.63) is 65.7 Å². The van der Waals surface area contributed by atoms with Gasteiger partial charge in [-0.2, -0.15) is 4.31 Å². The van der Waals surface area contributed by atoms with Gasteiger partial charge in [-0.15, -0.1) is 0 Å². The van der Waals surface area contributed by atoms with E-state index < -0.39 is 27.6 Å². The van der Waals surface area contributed by atoms with Crippen LogP contribution in [0.4, 0.5) is 0 Å². The number of esters is 1. The average molecular weight is 359 g/mol. The molecule has 1 fully saturated rings. The van der Waals surface area contributed by atoms with Gasteiger partial charge in [-0.3, -0.25) is 0 Å². The number of nitrogens with zero attached hydrogens (tertiary/aromatic N) is 1. The van der Waals surface area contributed by atoms with Crippen molar-refractivity contribution in [3.63, 3.8) is 0 Å². The third-order valence-corrected chi connectivity index (χ3v) is 6.51. The van der Waals surface area contributed by atoms with Crippen molar-refractivity contribution in [2.75, 3.05) is 6.61 Å². The van der Waals surface area contributed by atoms with Crippen LogP contribution in [0.1, 0.15) is 31.0 Å². The number of ether oxygens (including phenoxy) is 1. The van der Waals surface area contributed by atoms with Crippen LogP contribution in [0.2, 0.25) is 0 Å². The summed E-state index contributed by atoms with van der Waals surface area (Å²) in [5.74, 6) is -0.528. The highest BCUT2D eigenvalue weighted by molar-refractivity contribution is 7.89. The molecule has 0 bridgehead atoms. The molecule has 0 aromatic heterocycles. The Balaban J connectivity index is 2.05. The number of carbonyl (C=O) groups is 1. The summed E-state index contributed by atoms with van der Waals surface area (Å²) >= 11 is 0. The molecular formula is C19H21NO4S. The normalized spacial score (nSPS) is 25.4. The average Bonchev–Trinajstić information content (AvgIpc) is 3.25. The van der Waals surface area contributed by atoms with Crippen molar-refractivity contribution in [3.8, 4) is 0 Å². The second kappa shape index (κ2) is 6.28. The molecule has 0 amide bonds. The van der Waals surface area contributed by atoms with Crippen molar-refractivity contribution >= 4 is 16.0 Å². The fourth-order valence-electron chi connectivity index (χ4n) is 3.15. The SMILES string of the molecule is CCOC(=O)C1(C)C(c2ccccc2)N1S(=O)(=O)c1ccc(C)cc1. The Morgan fingerprint density at radius 2 is 1.72 bits per heavy atom. The summed E-state index contributed by atoms with van der Waals surface area (Å²) in [6, 6.07) is 15.2. The highest BCUT2D eigenvalue weighted by Gasteiger charge is 2.71. The Hall–Kier alpha value is -2.18. The van der Waals surface area contributed by atoms with E-state index in [0.29, 0.717) is 0 Å². The largest absolute Gasteiger partial charge is 0.465 e. The van der Waals surface area contributed by atoms with Crippen molar-refractivity contribution in [1.82, 2.24) is 4.31 Å². The van der Waals surface area contributed by atoms with Crippen molar-refractivity contribution in [2.24, 2.45) is 0 Å². The second-order valence-corrected chi connectivity index (χ2v) is 8.11.